The van der Waals surface area contributed by atoms with Crippen LogP contribution in [-0.4, -0.2) is 14.7 Å². The van der Waals surface area contributed by atoms with Gasteiger partial charge in [-0.3, -0.25) is 4.79 Å². The number of rotatable bonds is 3. The van der Waals surface area contributed by atoms with Gasteiger partial charge in [0.2, 0.25) is 5.09 Å². The lowest BCUT2D eigenvalue weighted by molar-refractivity contribution is 0.112. The van der Waals surface area contributed by atoms with E-state index >= 15 is 0 Å². The molecule has 0 aliphatic heterocycles. The van der Waals surface area contributed by atoms with Crippen molar-refractivity contribution < 1.29 is 17.6 Å². The molecule has 0 unspecified atom stereocenters. The molecule has 0 aliphatic carbocycles. The summed E-state index contributed by atoms with van der Waals surface area (Å²) in [4.78, 5) is 10.6. The third kappa shape index (κ3) is 2.27. The Hall–Kier alpha value is -1.92. The summed E-state index contributed by atoms with van der Waals surface area (Å²) in [5, 5.41) is 4.71. The zero-order valence-electron chi connectivity index (χ0n) is 8.66. The van der Waals surface area contributed by atoms with Crippen molar-refractivity contribution in [2.24, 2.45) is 5.14 Å². The summed E-state index contributed by atoms with van der Waals surface area (Å²) < 4.78 is 27.4. The van der Waals surface area contributed by atoms with Gasteiger partial charge in [-0.1, -0.05) is 18.2 Å². The van der Waals surface area contributed by atoms with Crippen molar-refractivity contribution in [1.82, 2.24) is 0 Å². The molecule has 2 rings (SSSR count). The van der Waals surface area contributed by atoms with Crippen molar-refractivity contribution in [2.45, 2.75) is 5.09 Å². The predicted octanol–water partition coefficient (Wildman–Crippen LogP) is 1.41. The molecular formula is C11H9NO4S. The fraction of sp³-hybridized carbons (Fsp3) is 0. The molecule has 1 heterocycles. The van der Waals surface area contributed by atoms with Crippen molar-refractivity contribution >= 4 is 16.3 Å². The Morgan fingerprint density at radius 2 is 2.00 bits per heavy atom. The number of primary sulfonamides is 1. The molecule has 0 radical (unpaired) electrons. The van der Waals surface area contributed by atoms with Gasteiger partial charge in [-0.15, -0.1) is 0 Å². The Labute approximate surface area is 97.9 Å². The number of aldehydes is 1. The first-order valence-corrected chi connectivity index (χ1v) is 6.23. The minimum absolute atomic E-state index is 0.305. The lowest BCUT2D eigenvalue weighted by Gasteiger charge is -2.01. The van der Waals surface area contributed by atoms with Crippen molar-refractivity contribution in [1.29, 1.82) is 0 Å². The zero-order valence-corrected chi connectivity index (χ0v) is 9.48. The van der Waals surface area contributed by atoms with E-state index in [0.717, 1.165) is 0 Å². The molecule has 5 nitrogen and oxygen atoms in total. The Balaban J connectivity index is 2.61. The van der Waals surface area contributed by atoms with Gasteiger partial charge in [0.15, 0.2) is 0 Å². The molecule has 0 saturated carbocycles. The Bertz CT molecular complexity index is 658. The SMILES string of the molecule is NS(=O)(=O)c1occc1-c1cccc(C=O)c1. The summed E-state index contributed by atoms with van der Waals surface area (Å²) in [6, 6.07) is 7.99. The van der Waals surface area contributed by atoms with Crippen LogP contribution in [-0.2, 0) is 10.0 Å². The highest BCUT2D eigenvalue weighted by Crippen LogP contribution is 2.27. The third-order valence-electron chi connectivity index (χ3n) is 2.22. The maximum atomic E-state index is 11.3. The van der Waals surface area contributed by atoms with Crippen molar-refractivity contribution in [2.75, 3.05) is 0 Å². The number of benzene rings is 1. The Morgan fingerprint density at radius 3 is 2.65 bits per heavy atom. The van der Waals surface area contributed by atoms with E-state index in [1.807, 2.05) is 0 Å². The normalized spacial score (nSPS) is 11.4. The topological polar surface area (TPSA) is 90.4 Å². The molecule has 0 amide bonds. The lowest BCUT2D eigenvalue weighted by Crippen LogP contribution is -2.12. The molecule has 2 N–H and O–H groups in total. The first-order valence-electron chi connectivity index (χ1n) is 4.68. The summed E-state index contributed by atoms with van der Waals surface area (Å²) in [5.74, 6) is 0. The van der Waals surface area contributed by atoms with Crippen LogP contribution in [0.1, 0.15) is 10.4 Å². The molecule has 88 valence electrons. The van der Waals surface area contributed by atoms with E-state index in [0.29, 0.717) is 23.0 Å². The molecular weight excluding hydrogens is 242 g/mol. The molecule has 0 bridgehead atoms. The highest BCUT2D eigenvalue weighted by atomic mass is 32.2. The van der Waals surface area contributed by atoms with E-state index in [1.54, 1.807) is 24.3 Å². The van der Waals surface area contributed by atoms with Gasteiger partial charge in [0.25, 0.3) is 10.0 Å². The largest absolute Gasteiger partial charge is 0.451 e. The van der Waals surface area contributed by atoms with Crippen molar-refractivity contribution in [3.8, 4) is 11.1 Å². The van der Waals surface area contributed by atoms with Crippen LogP contribution in [0.3, 0.4) is 0 Å². The van der Waals surface area contributed by atoms with Crippen LogP contribution >= 0.6 is 0 Å². The average Bonchev–Trinajstić information content (AvgIpc) is 2.77. The van der Waals surface area contributed by atoms with E-state index < -0.39 is 10.0 Å². The van der Waals surface area contributed by atoms with Gasteiger partial charge in [0, 0.05) is 11.1 Å². The van der Waals surface area contributed by atoms with Crippen LogP contribution in [0.4, 0.5) is 0 Å². The minimum Gasteiger partial charge on any atom is -0.451 e. The maximum absolute atomic E-state index is 11.3. The van der Waals surface area contributed by atoms with Gasteiger partial charge in [0.1, 0.15) is 6.29 Å². The Kier molecular flexibility index (Phi) is 2.83. The molecule has 0 aliphatic rings. The molecule has 0 saturated heterocycles. The van der Waals surface area contributed by atoms with Gasteiger partial charge >= 0.3 is 0 Å². The molecule has 0 atom stereocenters. The quantitative estimate of drug-likeness (QED) is 0.835. The van der Waals surface area contributed by atoms with Gasteiger partial charge in [-0.2, -0.15) is 0 Å². The minimum atomic E-state index is -3.91. The van der Waals surface area contributed by atoms with Gasteiger partial charge < -0.3 is 4.42 Å². The number of carbonyl (C=O) groups is 1. The third-order valence-corrected chi connectivity index (χ3v) is 3.05. The molecule has 1 aromatic heterocycles. The highest BCUT2D eigenvalue weighted by Gasteiger charge is 2.19. The molecule has 1 aromatic carbocycles. The van der Waals surface area contributed by atoms with Crippen LogP contribution in [0.5, 0.6) is 0 Å². The van der Waals surface area contributed by atoms with Crippen LogP contribution in [0.15, 0.2) is 46.1 Å². The van der Waals surface area contributed by atoms with Gasteiger partial charge in [-0.25, -0.2) is 13.6 Å². The fourth-order valence-corrected chi connectivity index (χ4v) is 2.19. The van der Waals surface area contributed by atoms with E-state index in [4.69, 9.17) is 9.56 Å². The number of sulfonamides is 1. The molecule has 17 heavy (non-hydrogen) atoms. The second kappa shape index (κ2) is 4.15. The van der Waals surface area contributed by atoms with Gasteiger partial charge in [0.05, 0.1) is 6.26 Å². The van der Waals surface area contributed by atoms with Crippen LogP contribution < -0.4 is 5.14 Å². The highest BCUT2D eigenvalue weighted by molar-refractivity contribution is 7.89. The maximum Gasteiger partial charge on any atom is 0.272 e. The molecule has 2 aromatic rings. The van der Waals surface area contributed by atoms with Crippen LogP contribution in [0.2, 0.25) is 0 Å². The van der Waals surface area contributed by atoms with E-state index in [9.17, 15) is 13.2 Å². The first-order chi connectivity index (χ1) is 8.02. The number of carbonyl (C=O) groups excluding carboxylic acids is 1. The summed E-state index contributed by atoms with van der Waals surface area (Å²) in [6.07, 6.45) is 1.92. The van der Waals surface area contributed by atoms with Crippen LogP contribution in [0.25, 0.3) is 11.1 Å². The number of nitrogens with two attached hydrogens (primary N) is 1. The summed E-state index contributed by atoms with van der Waals surface area (Å²) in [5.41, 5.74) is 1.35. The Morgan fingerprint density at radius 1 is 1.24 bits per heavy atom. The van der Waals surface area contributed by atoms with Crippen molar-refractivity contribution in [3.05, 3.63) is 42.2 Å². The number of furan rings is 1. The average molecular weight is 251 g/mol. The number of hydrogen-bond acceptors (Lipinski definition) is 4. The molecule has 0 fully saturated rings. The van der Waals surface area contributed by atoms with E-state index in [2.05, 4.69) is 0 Å². The second-order valence-electron chi connectivity index (χ2n) is 3.41. The molecule has 0 spiro atoms. The van der Waals surface area contributed by atoms with Crippen LogP contribution in [0, 0.1) is 0 Å². The standard InChI is InChI=1S/C11H9NO4S/c12-17(14,15)11-10(4-5-16-11)9-3-1-2-8(6-9)7-13/h1-7H,(H2,12,14,15). The van der Waals surface area contributed by atoms with E-state index in [-0.39, 0.29) is 5.09 Å². The monoisotopic (exact) mass is 251 g/mol. The first kappa shape index (κ1) is 11.6. The van der Waals surface area contributed by atoms with Gasteiger partial charge in [-0.05, 0) is 17.7 Å². The van der Waals surface area contributed by atoms with E-state index in [1.165, 1.54) is 12.3 Å². The summed E-state index contributed by atoms with van der Waals surface area (Å²) in [7, 11) is -3.91. The summed E-state index contributed by atoms with van der Waals surface area (Å²) in [6.45, 7) is 0. The van der Waals surface area contributed by atoms with Crippen molar-refractivity contribution in [3.63, 3.8) is 0 Å². The number of hydrogen-bond donors (Lipinski definition) is 1. The lowest BCUT2D eigenvalue weighted by atomic mass is 10.1. The summed E-state index contributed by atoms with van der Waals surface area (Å²) >= 11 is 0. The smallest absolute Gasteiger partial charge is 0.272 e. The zero-order chi connectivity index (χ0) is 12.5. The predicted molar refractivity (Wildman–Crippen MR) is 60.9 cm³/mol. The second-order valence-corrected chi connectivity index (χ2v) is 4.87. The molecule has 6 heteroatoms. The fourth-order valence-electron chi connectivity index (χ4n) is 1.51.